The van der Waals surface area contributed by atoms with Crippen molar-refractivity contribution in [3.8, 4) is 5.75 Å². The van der Waals surface area contributed by atoms with E-state index < -0.39 is 0 Å². The smallest absolute Gasteiger partial charge is 0.145 e. The van der Waals surface area contributed by atoms with E-state index in [1.807, 2.05) is 12.1 Å². The first-order valence-corrected chi connectivity index (χ1v) is 7.56. The number of nitrogens with two attached hydrogens (primary N) is 1. The Morgan fingerprint density at radius 2 is 2.14 bits per heavy atom. The molecule has 1 fully saturated rings. The van der Waals surface area contributed by atoms with Crippen LogP contribution in [0.3, 0.4) is 0 Å². The fraction of sp³-hybridized carbons (Fsp3) is 0.471. The molecule has 4 nitrogen and oxygen atoms in total. The summed E-state index contributed by atoms with van der Waals surface area (Å²) < 4.78 is 5.41. The van der Waals surface area contributed by atoms with Gasteiger partial charge in [-0.25, -0.2) is 4.98 Å². The first-order chi connectivity index (χ1) is 10.2. The summed E-state index contributed by atoms with van der Waals surface area (Å²) in [6.45, 7) is 1.55. The Balaban J connectivity index is 1.83. The van der Waals surface area contributed by atoms with E-state index in [9.17, 15) is 0 Å². The first kappa shape index (κ1) is 14.3. The average Bonchev–Trinajstić information content (AvgIpc) is 3.32. The van der Waals surface area contributed by atoms with Crippen LogP contribution in [0, 0.1) is 5.92 Å². The normalized spacial score (nSPS) is 16.4. The number of hydrogen-bond donors (Lipinski definition) is 1. The highest BCUT2D eigenvalue weighted by Gasteiger charge is 2.32. The van der Waals surface area contributed by atoms with Crippen molar-refractivity contribution in [2.24, 2.45) is 11.7 Å². The van der Waals surface area contributed by atoms with Crippen molar-refractivity contribution in [1.29, 1.82) is 0 Å². The second-order valence-corrected chi connectivity index (χ2v) is 5.89. The lowest BCUT2D eigenvalue weighted by atomic mass is 10.1. The number of para-hydroxylation sites is 1. The summed E-state index contributed by atoms with van der Waals surface area (Å²) in [7, 11) is 3.83. The van der Waals surface area contributed by atoms with Crippen molar-refractivity contribution in [1.82, 2.24) is 9.88 Å². The van der Waals surface area contributed by atoms with Gasteiger partial charge in [0, 0.05) is 24.5 Å². The number of benzene rings is 1. The number of aromatic nitrogens is 1. The summed E-state index contributed by atoms with van der Waals surface area (Å²) in [5.41, 5.74) is 7.92. The molecule has 1 aromatic heterocycles. The fourth-order valence-corrected chi connectivity index (χ4v) is 3.00. The molecule has 2 N–H and O–H groups in total. The SMILES string of the molecule is COc1cccc2ccc(CN(C)C(CN)C3CC3)nc12. The third-order valence-electron chi connectivity index (χ3n) is 4.35. The summed E-state index contributed by atoms with van der Waals surface area (Å²) in [5, 5.41) is 1.11. The van der Waals surface area contributed by atoms with Crippen molar-refractivity contribution in [2.75, 3.05) is 20.7 Å². The summed E-state index contributed by atoms with van der Waals surface area (Å²) >= 11 is 0. The Bertz CT molecular complexity index is 624. The highest BCUT2D eigenvalue weighted by molar-refractivity contribution is 5.84. The first-order valence-electron chi connectivity index (χ1n) is 7.56. The molecule has 0 radical (unpaired) electrons. The zero-order chi connectivity index (χ0) is 14.8. The van der Waals surface area contributed by atoms with Crippen LogP contribution < -0.4 is 10.5 Å². The van der Waals surface area contributed by atoms with Crippen molar-refractivity contribution >= 4 is 10.9 Å². The van der Waals surface area contributed by atoms with Crippen LogP contribution in [0.2, 0.25) is 0 Å². The van der Waals surface area contributed by atoms with Gasteiger partial charge in [0.1, 0.15) is 11.3 Å². The van der Waals surface area contributed by atoms with Gasteiger partial charge in [-0.15, -0.1) is 0 Å². The number of hydrogen-bond acceptors (Lipinski definition) is 4. The van der Waals surface area contributed by atoms with E-state index in [1.54, 1.807) is 7.11 Å². The highest BCUT2D eigenvalue weighted by Crippen LogP contribution is 2.35. The Morgan fingerprint density at radius 1 is 1.33 bits per heavy atom. The lowest BCUT2D eigenvalue weighted by Crippen LogP contribution is -2.39. The summed E-state index contributed by atoms with van der Waals surface area (Å²) in [5.74, 6) is 1.60. The van der Waals surface area contributed by atoms with Gasteiger partial charge in [-0.05, 0) is 37.9 Å². The van der Waals surface area contributed by atoms with Crippen molar-refractivity contribution in [2.45, 2.75) is 25.4 Å². The molecule has 1 saturated carbocycles. The molecule has 21 heavy (non-hydrogen) atoms. The second-order valence-electron chi connectivity index (χ2n) is 5.89. The predicted octanol–water partition coefficient (Wildman–Crippen LogP) is 2.41. The molecular formula is C17H23N3O. The van der Waals surface area contributed by atoms with Crippen LogP contribution in [-0.2, 0) is 6.54 Å². The largest absolute Gasteiger partial charge is 0.494 e. The van der Waals surface area contributed by atoms with Gasteiger partial charge in [0.05, 0.1) is 12.8 Å². The number of methoxy groups -OCH3 is 1. The lowest BCUT2D eigenvalue weighted by molar-refractivity contribution is 0.213. The van der Waals surface area contributed by atoms with E-state index in [-0.39, 0.29) is 0 Å². The van der Waals surface area contributed by atoms with Gasteiger partial charge in [-0.2, -0.15) is 0 Å². The van der Waals surface area contributed by atoms with Crippen LogP contribution in [0.1, 0.15) is 18.5 Å². The molecule has 1 atom stereocenters. The van der Waals surface area contributed by atoms with Crippen LogP contribution >= 0.6 is 0 Å². The molecule has 0 spiro atoms. The molecule has 0 aliphatic heterocycles. The molecule has 2 aromatic rings. The average molecular weight is 285 g/mol. The van der Waals surface area contributed by atoms with Crippen LogP contribution in [0.25, 0.3) is 10.9 Å². The Labute approximate surface area is 125 Å². The summed E-state index contributed by atoms with van der Waals surface area (Å²) in [6.07, 6.45) is 2.62. The van der Waals surface area contributed by atoms with E-state index in [0.29, 0.717) is 6.04 Å². The van der Waals surface area contributed by atoms with Gasteiger partial charge < -0.3 is 10.5 Å². The topological polar surface area (TPSA) is 51.4 Å². The number of rotatable bonds is 6. The number of pyridine rings is 1. The van der Waals surface area contributed by atoms with Crippen molar-refractivity contribution in [3.05, 3.63) is 36.0 Å². The number of nitrogens with zero attached hydrogens (tertiary/aromatic N) is 2. The molecule has 4 heteroatoms. The van der Waals surface area contributed by atoms with E-state index in [1.165, 1.54) is 12.8 Å². The van der Waals surface area contributed by atoms with Crippen LogP contribution in [0.15, 0.2) is 30.3 Å². The molecule has 1 heterocycles. The summed E-state index contributed by atoms with van der Waals surface area (Å²) in [6, 6.07) is 10.7. The highest BCUT2D eigenvalue weighted by atomic mass is 16.5. The number of likely N-dealkylation sites (N-methyl/N-ethyl adjacent to an activating group) is 1. The maximum atomic E-state index is 5.92. The maximum Gasteiger partial charge on any atom is 0.145 e. The van der Waals surface area contributed by atoms with E-state index in [2.05, 4.69) is 30.1 Å². The Kier molecular flexibility index (Phi) is 4.08. The van der Waals surface area contributed by atoms with Crippen LogP contribution in [0.5, 0.6) is 5.75 Å². The molecule has 1 aliphatic rings. The van der Waals surface area contributed by atoms with Crippen LogP contribution in [0.4, 0.5) is 0 Å². The molecule has 1 aromatic carbocycles. The molecule has 0 saturated heterocycles. The predicted molar refractivity (Wildman–Crippen MR) is 85.3 cm³/mol. The zero-order valence-electron chi connectivity index (χ0n) is 12.7. The third kappa shape index (κ3) is 3.01. The van der Waals surface area contributed by atoms with Gasteiger partial charge in [0.15, 0.2) is 0 Å². The minimum atomic E-state index is 0.472. The van der Waals surface area contributed by atoms with Crippen LogP contribution in [-0.4, -0.2) is 36.6 Å². The quantitative estimate of drug-likeness (QED) is 0.885. The Hall–Kier alpha value is -1.65. The third-order valence-corrected chi connectivity index (χ3v) is 4.35. The second kappa shape index (κ2) is 6.00. The molecule has 1 unspecified atom stereocenters. The summed E-state index contributed by atoms with van der Waals surface area (Å²) in [4.78, 5) is 7.11. The monoisotopic (exact) mass is 285 g/mol. The molecule has 1 aliphatic carbocycles. The molecule has 0 bridgehead atoms. The van der Waals surface area contributed by atoms with Crippen molar-refractivity contribution < 1.29 is 4.74 Å². The minimum Gasteiger partial charge on any atom is -0.494 e. The van der Waals surface area contributed by atoms with E-state index in [4.69, 9.17) is 15.5 Å². The lowest BCUT2D eigenvalue weighted by Gasteiger charge is -2.26. The minimum absolute atomic E-state index is 0.472. The Morgan fingerprint density at radius 3 is 2.81 bits per heavy atom. The van der Waals surface area contributed by atoms with Gasteiger partial charge >= 0.3 is 0 Å². The van der Waals surface area contributed by atoms with Crippen molar-refractivity contribution in [3.63, 3.8) is 0 Å². The molecule has 0 amide bonds. The molecule has 3 rings (SSSR count). The number of ether oxygens (including phenoxy) is 1. The molecule has 112 valence electrons. The van der Waals surface area contributed by atoms with Gasteiger partial charge in [-0.3, -0.25) is 4.90 Å². The molecular weight excluding hydrogens is 262 g/mol. The number of fused-ring (bicyclic) bond motifs is 1. The van der Waals surface area contributed by atoms with Gasteiger partial charge in [-0.1, -0.05) is 18.2 Å². The maximum absolute atomic E-state index is 5.92. The zero-order valence-corrected chi connectivity index (χ0v) is 12.7. The van der Waals surface area contributed by atoms with Gasteiger partial charge in [0.25, 0.3) is 0 Å². The van der Waals surface area contributed by atoms with Gasteiger partial charge in [0.2, 0.25) is 0 Å². The fourth-order valence-electron chi connectivity index (χ4n) is 3.00. The standard InChI is InChI=1S/C17H23N3O/c1-20(15(10-18)12-6-7-12)11-14-9-8-13-4-3-5-16(21-2)17(13)19-14/h3-5,8-9,12,15H,6-7,10-11,18H2,1-2H3. The van der Waals surface area contributed by atoms with E-state index in [0.717, 1.165) is 41.4 Å². The van der Waals surface area contributed by atoms with E-state index >= 15 is 0 Å².